The maximum atomic E-state index is 11.9. The fourth-order valence-corrected chi connectivity index (χ4v) is 6.02. The molecule has 1 aromatic carbocycles. The Kier molecular flexibility index (Phi) is 2.57. The summed E-state index contributed by atoms with van der Waals surface area (Å²) in [4.78, 5) is 2.45. The van der Waals surface area contributed by atoms with Crippen molar-refractivity contribution in [2.45, 2.75) is 54.9 Å². The van der Waals surface area contributed by atoms with E-state index in [-0.39, 0.29) is 11.8 Å². The number of likely N-dealkylation sites (tertiary alicyclic amines) is 1. The Balaban J connectivity index is 1.59. The summed E-state index contributed by atoms with van der Waals surface area (Å²) in [7, 11) is 0. The molecule has 1 saturated carbocycles. The normalized spacial score (nSPS) is 43.7. The highest BCUT2D eigenvalue weighted by Gasteiger charge is 2.71. The van der Waals surface area contributed by atoms with Gasteiger partial charge in [-0.1, -0.05) is 18.2 Å². The maximum absolute atomic E-state index is 11.9. The molecule has 5 heteroatoms. The Bertz CT molecular complexity index is 803. The second kappa shape index (κ2) is 4.40. The van der Waals surface area contributed by atoms with Crippen LogP contribution in [0.5, 0.6) is 11.5 Å². The van der Waals surface area contributed by atoms with E-state index < -0.39 is 23.2 Å². The van der Waals surface area contributed by atoms with Crippen LogP contribution >= 0.6 is 0 Å². The summed E-state index contributed by atoms with van der Waals surface area (Å²) in [5.41, 5.74) is 0.363. The average molecular weight is 341 g/mol. The largest absolute Gasteiger partial charge is 0.504 e. The lowest BCUT2D eigenvalue weighted by molar-refractivity contribution is -0.156. The third kappa shape index (κ3) is 1.56. The molecular weight excluding hydrogens is 318 g/mol. The standard InChI is InChI=1S/C20H23NO4/c22-13-4-3-12-9-15-20(24)6-5-14(23)18-19(20,16(12)17(13)25-18)7-8-21(15)10-11-1-2-11/h3-6,11,14-15,18,22-24H,1-2,7-10H2/t14-,15?,18-,19?,20?/m0/s1. The summed E-state index contributed by atoms with van der Waals surface area (Å²) in [5, 5.41) is 32.9. The highest BCUT2D eigenvalue weighted by Crippen LogP contribution is 2.64. The number of benzene rings is 1. The van der Waals surface area contributed by atoms with Gasteiger partial charge in [-0.05, 0) is 49.8 Å². The lowest BCUT2D eigenvalue weighted by atomic mass is 9.50. The van der Waals surface area contributed by atoms with E-state index >= 15 is 0 Å². The van der Waals surface area contributed by atoms with Gasteiger partial charge in [0.2, 0.25) is 0 Å². The van der Waals surface area contributed by atoms with Crippen molar-refractivity contribution in [3.8, 4) is 11.5 Å². The molecule has 1 spiro atoms. The van der Waals surface area contributed by atoms with Gasteiger partial charge in [0.1, 0.15) is 17.8 Å². The average Bonchev–Trinajstić information content (AvgIpc) is 3.32. The highest BCUT2D eigenvalue weighted by atomic mass is 16.5. The van der Waals surface area contributed by atoms with Crippen LogP contribution < -0.4 is 4.74 Å². The van der Waals surface area contributed by atoms with Crippen molar-refractivity contribution in [2.24, 2.45) is 5.92 Å². The molecule has 6 rings (SSSR count). The Hall–Kier alpha value is -1.56. The molecule has 5 aliphatic rings. The summed E-state index contributed by atoms with van der Waals surface area (Å²) in [6.07, 6.45) is 6.29. The number of ether oxygens (including phenoxy) is 1. The molecule has 2 fully saturated rings. The molecular formula is C20H23NO4. The number of phenols is 1. The fraction of sp³-hybridized carbons (Fsp3) is 0.600. The van der Waals surface area contributed by atoms with Gasteiger partial charge in [0.15, 0.2) is 11.5 Å². The van der Waals surface area contributed by atoms with Crippen molar-refractivity contribution in [1.82, 2.24) is 4.90 Å². The second-order valence-electron chi connectivity index (χ2n) is 8.54. The molecule has 0 aromatic heterocycles. The van der Waals surface area contributed by atoms with Crippen molar-refractivity contribution in [3.63, 3.8) is 0 Å². The number of aliphatic hydroxyl groups excluding tert-OH is 1. The van der Waals surface area contributed by atoms with E-state index in [4.69, 9.17) is 4.74 Å². The number of aromatic hydroxyl groups is 1. The van der Waals surface area contributed by atoms with Crippen molar-refractivity contribution in [3.05, 3.63) is 35.4 Å². The topological polar surface area (TPSA) is 73.2 Å². The molecule has 3 unspecified atom stereocenters. The monoisotopic (exact) mass is 341 g/mol. The molecule has 3 aliphatic carbocycles. The van der Waals surface area contributed by atoms with E-state index in [2.05, 4.69) is 4.90 Å². The van der Waals surface area contributed by atoms with Crippen molar-refractivity contribution < 1.29 is 20.1 Å². The molecule has 1 aromatic rings. The lowest BCUT2D eigenvalue weighted by Gasteiger charge is -2.61. The zero-order valence-electron chi connectivity index (χ0n) is 14.1. The summed E-state index contributed by atoms with van der Waals surface area (Å²) in [6.45, 7) is 1.95. The molecule has 2 aliphatic heterocycles. The van der Waals surface area contributed by atoms with Crippen LogP contribution in [0.15, 0.2) is 24.3 Å². The van der Waals surface area contributed by atoms with Crippen LogP contribution in [0.1, 0.15) is 30.4 Å². The number of nitrogens with zero attached hydrogens (tertiary/aromatic N) is 1. The SMILES string of the molecule is Oc1ccc2c3c1O[C@H]1[C@@H](O)C=CC4(O)C(C2)N(CC2CC2)CCC314. The van der Waals surface area contributed by atoms with Crippen molar-refractivity contribution in [2.75, 3.05) is 13.1 Å². The van der Waals surface area contributed by atoms with E-state index in [0.717, 1.165) is 43.0 Å². The first-order chi connectivity index (χ1) is 12.0. The zero-order chi connectivity index (χ0) is 17.0. The first-order valence-electron chi connectivity index (χ1n) is 9.40. The second-order valence-corrected chi connectivity index (χ2v) is 8.54. The van der Waals surface area contributed by atoms with Gasteiger partial charge in [-0.3, -0.25) is 4.90 Å². The molecule has 1 saturated heterocycles. The van der Waals surface area contributed by atoms with Crippen molar-refractivity contribution >= 4 is 0 Å². The predicted octanol–water partition coefficient (Wildman–Crippen LogP) is 1.09. The van der Waals surface area contributed by atoms with Crippen LogP contribution in [-0.4, -0.2) is 57.2 Å². The molecule has 132 valence electrons. The molecule has 5 nitrogen and oxygen atoms in total. The Morgan fingerprint density at radius 1 is 1.28 bits per heavy atom. The molecule has 5 atom stereocenters. The summed E-state index contributed by atoms with van der Waals surface area (Å²) in [5.74, 6) is 1.34. The minimum atomic E-state index is -1.06. The van der Waals surface area contributed by atoms with E-state index in [1.807, 2.05) is 12.1 Å². The van der Waals surface area contributed by atoms with Gasteiger partial charge in [-0.2, -0.15) is 0 Å². The molecule has 2 bridgehead atoms. The van der Waals surface area contributed by atoms with E-state index in [1.54, 1.807) is 12.1 Å². The number of hydrogen-bond acceptors (Lipinski definition) is 5. The molecule has 0 radical (unpaired) electrons. The van der Waals surface area contributed by atoms with Crippen LogP contribution in [0.25, 0.3) is 0 Å². The van der Waals surface area contributed by atoms with Gasteiger partial charge in [0.25, 0.3) is 0 Å². The van der Waals surface area contributed by atoms with Gasteiger partial charge in [0, 0.05) is 18.2 Å². The minimum absolute atomic E-state index is 0.000284. The number of piperidine rings is 1. The fourth-order valence-electron chi connectivity index (χ4n) is 6.02. The first kappa shape index (κ1) is 14.6. The molecule has 25 heavy (non-hydrogen) atoms. The maximum Gasteiger partial charge on any atom is 0.165 e. The Labute approximate surface area is 146 Å². The quantitative estimate of drug-likeness (QED) is 0.703. The zero-order valence-corrected chi connectivity index (χ0v) is 14.1. The van der Waals surface area contributed by atoms with Crippen LogP contribution in [0.3, 0.4) is 0 Å². The number of rotatable bonds is 2. The van der Waals surface area contributed by atoms with Crippen LogP contribution in [-0.2, 0) is 11.8 Å². The van der Waals surface area contributed by atoms with Crippen LogP contribution in [0.4, 0.5) is 0 Å². The van der Waals surface area contributed by atoms with Crippen LogP contribution in [0, 0.1) is 5.92 Å². The summed E-state index contributed by atoms with van der Waals surface area (Å²) in [6, 6.07) is 3.66. The van der Waals surface area contributed by atoms with E-state index in [0.29, 0.717) is 5.75 Å². The highest BCUT2D eigenvalue weighted by molar-refractivity contribution is 5.63. The number of aliphatic hydroxyl groups is 2. The van der Waals surface area contributed by atoms with Crippen LogP contribution in [0.2, 0.25) is 0 Å². The third-order valence-corrected chi connectivity index (χ3v) is 7.32. The lowest BCUT2D eigenvalue weighted by Crippen LogP contribution is -2.75. The smallest absolute Gasteiger partial charge is 0.165 e. The Morgan fingerprint density at radius 3 is 2.92 bits per heavy atom. The third-order valence-electron chi connectivity index (χ3n) is 7.32. The number of phenolic OH excluding ortho intramolecular Hbond substituents is 1. The minimum Gasteiger partial charge on any atom is -0.504 e. The predicted molar refractivity (Wildman–Crippen MR) is 90.7 cm³/mol. The van der Waals surface area contributed by atoms with Gasteiger partial charge < -0.3 is 20.1 Å². The van der Waals surface area contributed by atoms with E-state index in [1.165, 1.54) is 12.8 Å². The Morgan fingerprint density at radius 2 is 2.12 bits per heavy atom. The van der Waals surface area contributed by atoms with Gasteiger partial charge in [0.05, 0.1) is 5.41 Å². The molecule has 0 amide bonds. The number of hydrogen-bond donors (Lipinski definition) is 3. The molecule has 2 heterocycles. The van der Waals surface area contributed by atoms with E-state index in [9.17, 15) is 15.3 Å². The van der Waals surface area contributed by atoms with Gasteiger partial charge in [-0.15, -0.1) is 0 Å². The summed E-state index contributed by atoms with van der Waals surface area (Å²) < 4.78 is 6.09. The molecule has 3 N–H and O–H groups in total. The van der Waals surface area contributed by atoms with Gasteiger partial charge >= 0.3 is 0 Å². The van der Waals surface area contributed by atoms with Gasteiger partial charge in [-0.25, -0.2) is 0 Å². The summed E-state index contributed by atoms with van der Waals surface area (Å²) >= 11 is 0. The first-order valence-corrected chi connectivity index (χ1v) is 9.40. The van der Waals surface area contributed by atoms with Crippen molar-refractivity contribution in [1.29, 1.82) is 0 Å².